The zero-order valence-corrected chi connectivity index (χ0v) is 9.09. The van der Waals surface area contributed by atoms with Crippen molar-refractivity contribution in [2.45, 2.75) is 40.5 Å². The molecule has 0 heterocycles. The zero-order chi connectivity index (χ0) is 10.3. The Hall–Kier alpha value is -0.760. The Balaban J connectivity index is 4.37. The van der Waals surface area contributed by atoms with Crippen molar-refractivity contribution in [2.24, 2.45) is 5.92 Å². The topological polar surface area (TPSA) is 32.3 Å². The zero-order valence-electron chi connectivity index (χ0n) is 9.09. The lowest BCUT2D eigenvalue weighted by atomic mass is 10.1. The molecule has 0 saturated heterocycles. The van der Waals surface area contributed by atoms with Crippen LogP contribution in [0, 0.1) is 5.92 Å². The summed E-state index contributed by atoms with van der Waals surface area (Å²) in [5, 5.41) is 8.85. The molecule has 0 rings (SSSR count). The smallest absolute Gasteiger partial charge is 0.0588 e. The first-order valence-corrected chi connectivity index (χ1v) is 4.93. The van der Waals surface area contributed by atoms with Gasteiger partial charge in [0.25, 0.3) is 0 Å². The second-order valence-corrected chi connectivity index (χ2v) is 3.40. The van der Waals surface area contributed by atoms with Gasteiger partial charge in [0.1, 0.15) is 0 Å². The van der Waals surface area contributed by atoms with Gasteiger partial charge in [-0.2, -0.15) is 0 Å². The second-order valence-electron chi connectivity index (χ2n) is 3.40. The van der Waals surface area contributed by atoms with E-state index in [0.29, 0.717) is 5.92 Å². The molecule has 2 heteroatoms. The largest absolute Gasteiger partial charge is 0.291 e. The molecule has 0 bridgehead atoms. The predicted octanol–water partition coefficient (Wildman–Crippen LogP) is 3.25. The fourth-order valence-electron chi connectivity index (χ4n) is 0.862. The molecule has 0 aromatic heterocycles. The Morgan fingerprint density at radius 1 is 1.46 bits per heavy atom. The van der Waals surface area contributed by atoms with Gasteiger partial charge in [-0.25, -0.2) is 0 Å². The third kappa shape index (κ3) is 4.73. The molecule has 0 aromatic carbocycles. The molecular weight excluding hydrogens is 162 g/mol. The lowest BCUT2D eigenvalue weighted by Gasteiger charge is -2.06. The second kappa shape index (κ2) is 6.72. The van der Waals surface area contributed by atoms with Crippen LogP contribution in [-0.4, -0.2) is 5.21 Å². The SMILES string of the molecule is CC/C(C)=C(/C=C\C(C)CC)NO. The minimum absolute atomic E-state index is 0.563. The van der Waals surface area contributed by atoms with E-state index in [1.54, 1.807) is 0 Å². The van der Waals surface area contributed by atoms with Gasteiger partial charge in [-0.05, 0) is 30.9 Å². The molecule has 0 radical (unpaired) electrons. The van der Waals surface area contributed by atoms with Crippen molar-refractivity contribution in [2.75, 3.05) is 0 Å². The molecule has 0 aliphatic carbocycles. The minimum Gasteiger partial charge on any atom is -0.291 e. The van der Waals surface area contributed by atoms with Gasteiger partial charge in [0.15, 0.2) is 0 Å². The average molecular weight is 183 g/mol. The van der Waals surface area contributed by atoms with Crippen LogP contribution >= 0.6 is 0 Å². The number of allylic oxidation sites excluding steroid dienone is 3. The summed E-state index contributed by atoms with van der Waals surface area (Å²) >= 11 is 0. The molecule has 2 N–H and O–H groups in total. The van der Waals surface area contributed by atoms with E-state index in [9.17, 15) is 0 Å². The van der Waals surface area contributed by atoms with Crippen molar-refractivity contribution in [1.29, 1.82) is 0 Å². The minimum atomic E-state index is 0.563. The van der Waals surface area contributed by atoms with Crippen LogP contribution in [-0.2, 0) is 0 Å². The molecule has 0 aliphatic rings. The number of hydrogen-bond donors (Lipinski definition) is 2. The van der Waals surface area contributed by atoms with E-state index in [4.69, 9.17) is 5.21 Å². The fraction of sp³-hybridized carbons (Fsp3) is 0.636. The van der Waals surface area contributed by atoms with Gasteiger partial charge in [-0.1, -0.05) is 33.3 Å². The third-order valence-electron chi connectivity index (χ3n) is 2.35. The number of hydroxylamine groups is 1. The predicted molar refractivity (Wildman–Crippen MR) is 56.5 cm³/mol. The van der Waals surface area contributed by atoms with Crippen molar-refractivity contribution < 1.29 is 5.21 Å². The lowest BCUT2D eigenvalue weighted by Crippen LogP contribution is -2.07. The van der Waals surface area contributed by atoms with E-state index >= 15 is 0 Å². The van der Waals surface area contributed by atoms with Crippen molar-refractivity contribution >= 4 is 0 Å². The molecule has 0 amide bonds. The Morgan fingerprint density at radius 3 is 2.46 bits per heavy atom. The average Bonchev–Trinajstić information content (AvgIpc) is 2.17. The van der Waals surface area contributed by atoms with Crippen molar-refractivity contribution in [1.82, 2.24) is 5.48 Å². The molecule has 0 aliphatic heterocycles. The van der Waals surface area contributed by atoms with Gasteiger partial charge in [0.2, 0.25) is 0 Å². The van der Waals surface area contributed by atoms with Crippen LogP contribution in [0.3, 0.4) is 0 Å². The molecule has 76 valence electrons. The summed E-state index contributed by atoms with van der Waals surface area (Å²) in [7, 11) is 0. The van der Waals surface area contributed by atoms with E-state index < -0.39 is 0 Å². The highest BCUT2D eigenvalue weighted by atomic mass is 16.5. The molecular formula is C11H21NO. The highest BCUT2D eigenvalue weighted by Crippen LogP contribution is 2.09. The highest BCUT2D eigenvalue weighted by Gasteiger charge is 1.96. The van der Waals surface area contributed by atoms with E-state index in [0.717, 1.165) is 18.5 Å². The van der Waals surface area contributed by atoms with Crippen LogP contribution < -0.4 is 5.48 Å². The van der Waals surface area contributed by atoms with Crippen molar-refractivity contribution in [3.8, 4) is 0 Å². The summed E-state index contributed by atoms with van der Waals surface area (Å²) in [5.41, 5.74) is 4.22. The maximum Gasteiger partial charge on any atom is 0.0588 e. The summed E-state index contributed by atoms with van der Waals surface area (Å²) in [6.45, 7) is 8.40. The van der Waals surface area contributed by atoms with Crippen molar-refractivity contribution in [3.05, 3.63) is 23.4 Å². The summed E-state index contributed by atoms with van der Waals surface area (Å²) in [6, 6.07) is 0. The fourth-order valence-corrected chi connectivity index (χ4v) is 0.862. The lowest BCUT2D eigenvalue weighted by molar-refractivity contribution is 0.203. The first kappa shape index (κ1) is 12.2. The van der Waals surface area contributed by atoms with Crippen LogP contribution in [0.2, 0.25) is 0 Å². The molecule has 0 fully saturated rings. The molecule has 0 spiro atoms. The summed E-state index contributed by atoms with van der Waals surface area (Å²) in [6.07, 6.45) is 6.14. The van der Waals surface area contributed by atoms with Crippen LogP contribution in [0.1, 0.15) is 40.5 Å². The van der Waals surface area contributed by atoms with E-state index in [1.807, 2.05) is 13.0 Å². The van der Waals surface area contributed by atoms with Crippen LogP contribution in [0.4, 0.5) is 0 Å². The van der Waals surface area contributed by atoms with Gasteiger partial charge in [0.05, 0.1) is 5.70 Å². The third-order valence-corrected chi connectivity index (χ3v) is 2.35. The maximum atomic E-state index is 8.85. The standard InChI is InChI=1S/C11H21NO/c1-5-9(3)7-8-11(12-13)10(4)6-2/h7-9,12-13H,5-6H2,1-4H3/b8-7-,11-10-. The monoisotopic (exact) mass is 183 g/mol. The molecule has 2 nitrogen and oxygen atoms in total. The molecule has 0 aromatic rings. The van der Waals surface area contributed by atoms with Gasteiger partial charge in [-0.15, -0.1) is 0 Å². The normalized spacial score (nSPS) is 15.8. The molecule has 13 heavy (non-hydrogen) atoms. The molecule has 0 saturated carbocycles. The highest BCUT2D eigenvalue weighted by molar-refractivity contribution is 5.21. The van der Waals surface area contributed by atoms with E-state index in [-0.39, 0.29) is 0 Å². The Morgan fingerprint density at radius 2 is 2.08 bits per heavy atom. The van der Waals surface area contributed by atoms with Gasteiger partial charge in [0, 0.05) is 0 Å². The van der Waals surface area contributed by atoms with E-state index in [1.165, 1.54) is 5.57 Å². The van der Waals surface area contributed by atoms with Crippen LogP contribution in [0.15, 0.2) is 23.4 Å². The summed E-state index contributed by atoms with van der Waals surface area (Å²) in [5.74, 6) is 0.563. The van der Waals surface area contributed by atoms with Gasteiger partial charge < -0.3 is 0 Å². The summed E-state index contributed by atoms with van der Waals surface area (Å²) < 4.78 is 0. The summed E-state index contributed by atoms with van der Waals surface area (Å²) in [4.78, 5) is 0. The number of nitrogens with one attached hydrogen (secondary N) is 1. The first-order valence-electron chi connectivity index (χ1n) is 4.93. The molecule has 1 atom stereocenters. The number of hydrogen-bond acceptors (Lipinski definition) is 2. The maximum absolute atomic E-state index is 8.85. The first-order chi connectivity index (χ1) is 6.15. The van der Waals surface area contributed by atoms with E-state index in [2.05, 4.69) is 32.3 Å². The Kier molecular flexibility index (Phi) is 6.33. The van der Waals surface area contributed by atoms with Crippen LogP contribution in [0.25, 0.3) is 0 Å². The van der Waals surface area contributed by atoms with Gasteiger partial charge >= 0.3 is 0 Å². The quantitative estimate of drug-likeness (QED) is 0.506. The Labute approximate surface area is 81.3 Å². The number of rotatable bonds is 5. The van der Waals surface area contributed by atoms with Gasteiger partial charge in [-0.3, -0.25) is 10.7 Å². The van der Waals surface area contributed by atoms with Crippen molar-refractivity contribution in [3.63, 3.8) is 0 Å². The van der Waals surface area contributed by atoms with Crippen LogP contribution in [0.5, 0.6) is 0 Å². The molecule has 1 unspecified atom stereocenters. The Bertz CT molecular complexity index is 194.